The summed E-state index contributed by atoms with van der Waals surface area (Å²) in [6.07, 6.45) is 8.18. The highest BCUT2D eigenvalue weighted by Crippen LogP contribution is 2.65. The Morgan fingerprint density at radius 2 is 2.00 bits per heavy atom. The van der Waals surface area contributed by atoms with Gasteiger partial charge in [0.1, 0.15) is 11.3 Å². The number of amides is 3. The first kappa shape index (κ1) is 24.4. The number of nitrogens with zero attached hydrogens (tertiary/aromatic N) is 2. The second-order valence-corrected chi connectivity index (χ2v) is 12.0. The summed E-state index contributed by atoms with van der Waals surface area (Å²) in [4.78, 5) is 49.5. The first-order valence-corrected chi connectivity index (χ1v) is 13.8. The molecule has 4 aliphatic rings. The number of H-pyrrole nitrogens is 1. The molecule has 1 aliphatic heterocycles. The van der Waals surface area contributed by atoms with Crippen LogP contribution in [0.25, 0.3) is 11.0 Å². The first-order valence-electron chi connectivity index (χ1n) is 13.8. The first-order chi connectivity index (χ1) is 17.7. The van der Waals surface area contributed by atoms with E-state index in [1.54, 1.807) is 12.1 Å². The summed E-state index contributed by atoms with van der Waals surface area (Å²) in [5.41, 5.74) is 5.85. The van der Waals surface area contributed by atoms with Crippen LogP contribution < -0.4 is 11.1 Å². The zero-order chi connectivity index (χ0) is 25.9. The van der Waals surface area contributed by atoms with E-state index in [9.17, 15) is 18.8 Å². The van der Waals surface area contributed by atoms with Crippen molar-refractivity contribution in [2.24, 2.45) is 28.9 Å². The number of nitrogens with two attached hydrogens (primary N) is 1. The number of hydrogen-bond donors (Lipinski definition) is 3. The van der Waals surface area contributed by atoms with Crippen molar-refractivity contribution in [3.05, 3.63) is 29.8 Å². The fourth-order valence-electron chi connectivity index (χ4n) is 7.38. The Morgan fingerprint density at radius 3 is 2.62 bits per heavy atom. The largest absolute Gasteiger partial charge is 0.369 e. The van der Waals surface area contributed by atoms with Crippen LogP contribution >= 0.6 is 0 Å². The van der Waals surface area contributed by atoms with Crippen molar-refractivity contribution in [3.8, 4) is 0 Å². The molecule has 3 aliphatic carbocycles. The number of nitrogens with one attached hydrogen (secondary N) is 2. The molecule has 2 unspecified atom stereocenters. The van der Waals surface area contributed by atoms with Crippen LogP contribution in [0, 0.1) is 29.0 Å². The SMILES string of the molecule is C[C@H]1CCCCN1C(=O)C[C@H](C(=O)NC1(c2nc3c(F)cccc3[nH]2)CC1)C1C(C(N)=O)CC12CCC2. The van der Waals surface area contributed by atoms with Gasteiger partial charge in [0.2, 0.25) is 17.7 Å². The van der Waals surface area contributed by atoms with E-state index in [1.807, 2.05) is 4.90 Å². The van der Waals surface area contributed by atoms with Crippen LogP contribution in [0.1, 0.15) is 77.0 Å². The zero-order valence-electron chi connectivity index (χ0n) is 21.4. The fraction of sp³-hybridized carbons (Fsp3) is 0.643. The minimum absolute atomic E-state index is 0.0207. The number of aromatic nitrogens is 2. The Bertz CT molecular complexity index is 1250. The Balaban J connectivity index is 1.29. The van der Waals surface area contributed by atoms with Crippen molar-refractivity contribution in [1.29, 1.82) is 0 Å². The van der Waals surface area contributed by atoms with Gasteiger partial charge in [-0.1, -0.05) is 12.5 Å². The molecule has 0 radical (unpaired) electrons. The molecule has 4 fully saturated rings. The van der Waals surface area contributed by atoms with E-state index in [4.69, 9.17) is 5.73 Å². The Labute approximate surface area is 215 Å². The summed E-state index contributed by atoms with van der Waals surface area (Å²) in [5, 5.41) is 3.20. The average Bonchev–Trinajstić information content (AvgIpc) is 3.44. The highest BCUT2D eigenvalue weighted by Gasteiger charge is 2.63. The highest BCUT2D eigenvalue weighted by molar-refractivity contribution is 5.89. The van der Waals surface area contributed by atoms with Crippen LogP contribution in [-0.2, 0) is 19.9 Å². The second kappa shape index (κ2) is 8.81. The molecule has 4 N–H and O–H groups in total. The van der Waals surface area contributed by atoms with Crippen LogP contribution in [0.2, 0.25) is 0 Å². The summed E-state index contributed by atoms with van der Waals surface area (Å²) >= 11 is 0. The van der Waals surface area contributed by atoms with Gasteiger partial charge < -0.3 is 20.9 Å². The summed E-state index contributed by atoms with van der Waals surface area (Å²) in [6.45, 7) is 2.77. The maximum absolute atomic E-state index is 14.3. The number of aromatic amines is 1. The van der Waals surface area contributed by atoms with E-state index in [0.717, 1.165) is 38.5 Å². The minimum atomic E-state index is -0.707. The number of rotatable bonds is 7. The lowest BCUT2D eigenvalue weighted by molar-refractivity contribution is -0.171. The van der Waals surface area contributed by atoms with Crippen molar-refractivity contribution in [2.75, 3.05) is 6.54 Å². The standard InChI is InChI=1S/C28H36FN5O3/c1-16-6-2-3-13-34(16)21(35)14-17(22-18(24(30)36)15-27(22)9-5-10-27)25(37)33-28(11-12-28)26-31-20-8-4-7-19(29)23(20)32-26/h4,7-8,16-18,22H,2-3,5-6,9-15H2,1H3,(H2,30,36)(H,31,32)(H,33,37)/t16-,17-,18?,22?/m0/s1. The Morgan fingerprint density at radius 1 is 1.22 bits per heavy atom. The lowest BCUT2D eigenvalue weighted by Gasteiger charge is -2.62. The number of para-hydroxylation sites is 1. The second-order valence-electron chi connectivity index (χ2n) is 12.0. The smallest absolute Gasteiger partial charge is 0.224 e. The predicted molar refractivity (Wildman–Crippen MR) is 135 cm³/mol. The molecule has 3 amide bonds. The third-order valence-electron chi connectivity index (χ3n) is 9.80. The summed E-state index contributed by atoms with van der Waals surface area (Å²) < 4.78 is 14.3. The number of fused-ring (bicyclic) bond motifs is 1. The van der Waals surface area contributed by atoms with E-state index in [2.05, 4.69) is 22.2 Å². The number of likely N-dealkylation sites (tertiary alicyclic amines) is 1. The number of piperidine rings is 1. The van der Waals surface area contributed by atoms with E-state index < -0.39 is 23.2 Å². The quantitative estimate of drug-likeness (QED) is 0.529. The van der Waals surface area contributed by atoms with Gasteiger partial charge in [0.25, 0.3) is 0 Å². The molecule has 9 heteroatoms. The summed E-state index contributed by atoms with van der Waals surface area (Å²) in [5.74, 6) is -1.75. The van der Waals surface area contributed by atoms with E-state index in [-0.39, 0.29) is 47.0 Å². The Kier molecular flexibility index (Phi) is 5.80. The lowest BCUT2D eigenvalue weighted by atomic mass is 9.42. The predicted octanol–water partition coefficient (Wildman–Crippen LogP) is 3.51. The number of halogens is 1. The highest BCUT2D eigenvalue weighted by atomic mass is 19.1. The van der Waals surface area contributed by atoms with Crippen LogP contribution in [0.15, 0.2) is 18.2 Å². The van der Waals surface area contributed by atoms with Gasteiger partial charge in [-0.25, -0.2) is 9.37 Å². The number of benzene rings is 1. The summed E-state index contributed by atoms with van der Waals surface area (Å²) in [6, 6.07) is 4.91. The average molecular weight is 510 g/mol. The van der Waals surface area contributed by atoms with Gasteiger partial charge in [-0.15, -0.1) is 0 Å². The van der Waals surface area contributed by atoms with Crippen molar-refractivity contribution < 1.29 is 18.8 Å². The minimum Gasteiger partial charge on any atom is -0.369 e. The number of carbonyl (C=O) groups excluding carboxylic acids is 3. The fourth-order valence-corrected chi connectivity index (χ4v) is 7.38. The zero-order valence-corrected chi connectivity index (χ0v) is 21.4. The van der Waals surface area contributed by atoms with Crippen LogP contribution in [0.4, 0.5) is 4.39 Å². The number of hydrogen-bond acceptors (Lipinski definition) is 4. The van der Waals surface area contributed by atoms with Gasteiger partial charge in [-0.3, -0.25) is 14.4 Å². The molecule has 0 bridgehead atoms. The molecule has 4 atom stereocenters. The maximum atomic E-state index is 14.3. The molecule has 8 nitrogen and oxygen atoms in total. The molecule has 1 aromatic carbocycles. The number of carbonyl (C=O) groups is 3. The summed E-state index contributed by atoms with van der Waals surface area (Å²) in [7, 11) is 0. The molecular formula is C28H36FN5O3. The molecule has 3 saturated carbocycles. The molecule has 37 heavy (non-hydrogen) atoms. The van der Waals surface area contributed by atoms with Gasteiger partial charge in [0, 0.05) is 24.9 Å². The van der Waals surface area contributed by atoms with Gasteiger partial charge in [-0.05, 0) is 81.8 Å². The molecule has 2 heterocycles. The normalized spacial score (nSPS) is 28.3. The van der Waals surface area contributed by atoms with Gasteiger partial charge in [0.15, 0.2) is 5.82 Å². The molecule has 1 spiro atoms. The van der Waals surface area contributed by atoms with Crippen molar-refractivity contribution in [3.63, 3.8) is 0 Å². The van der Waals surface area contributed by atoms with Crippen molar-refractivity contribution >= 4 is 28.8 Å². The molecule has 1 saturated heterocycles. The third kappa shape index (κ3) is 4.01. The number of imidazole rings is 1. The molecule has 1 aromatic heterocycles. The van der Waals surface area contributed by atoms with Gasteiger partial charge in [0.05, 0.1) is 17.0 Å². The van der Waals surface area contributed by atoms with E-state index >= 15 is 0 Å². The third-order valence-corrected chi connectivity index (χ3v) is 9.80. The monoisotopic (exact) mass is 509 g/mol. The van der Waals surface area contributed by atoms with Gasteiger partial charge in [-0.2, -0.15) is 0 Å². The van der Waals surface area contributed by atoms with Crippen molar-refractivity contribution in [2.45, 2.75) is 82.7 Å². The molecule has 2 aromatic rings. The van der Waals surface area contributed by atoms with Crippen molar-refractivity contribution in [1.82, 2.24) is 20.2 Å². The molecule has 6 rings (SSSR count). The lowest BCUT2D eigenvalue weighted by Crippen LogP contribution is -2.62. The van der Waals surface area contributed by atoms with Gasteiger partial charge >= 0.3 is 0 Å². The van der Waals surface area contributed by atoms with Crippen LogP contribution in [-0.4, -0.2) is 45.2 Å². The molecule has 198 valence electrons. The topological polar surface area (TPSA) is 121 Å². The Hall–Kier alpha value is -2.97. The number of primary amides is 1. The van der Waals surface area contributed by atoms with E-state index in [1.165, 1.54) is 6.07 Å². The van der Waals surface area contributed by atoms with Crippen LogP contribution in [0.5, 0.6) is 0 Å². The maximum Gasteiger partial charge on any atom is 0.224 e. The van der Waals surface area contributed by atoms with E-state index in [0.29, 0.717) is 37.1 Å². The molecular weight excluding hydrogens is 473 g/mol. The van der Waals surface area contributed by atoms with Crippen LogP contribution in [0.3, 0.4) is 0 Å².